The molecule has 0 fully saturated rings. The zero-order valence-corrected chi connectivity index (χ0v) is 18.2. The Morgan fingerprint density at radius 2 is 1.00 bits per heavy atom. The molecule has 0 aliphatic rings. The predicted molar refractivity (Wildman–Crippen MR) is 116 cm³/mol. The minimum absolute atomic E-state index is 0.446. The fourth-order valence-corrected chi connectivity index (χ4v) is 5.24. The summed E-state index contributed by atoms with van der Waals surface area (Å²) < 4.78 is 2.72. The molecule has 0 bridgehead atoms. The second-order valence-electron chi connectivity index (χ2n) is 5.76. The van der Waals surface area contributed by atoms with Gasteiger partial charge in [-0.1, -0.05) is 91.0 Å². The Balaban J connectivity index is 0.000000211. The molecule has 0 atom stereocenters. The van der Waals surface area contributed by atoms with Crippen LogP contribution < -0.4 is 15.9 Å². The standard InChI is InChI=1S/C18H15P.C7H4N.Au/c1-4-10-16(11-5-1)19(17-12-6-2-7-13-17)18-14-8-3-9-15-18;1-2-7-5-3-4-6-8-7;/h1-15H;3-6H;. The van der Waals surface area contributed by atoms with E-state index in [1.54, 1.807) is 6.20 Å². The molecule has 3 heteroatoms. The second-order valence-corrected chi connectivity index (χ2v) is 8.52. The summed E-state index contributed by atoms with van der Waals surface area (Å²) in [5, 5.41) is 4.19. The van der Waals surface area contributed by atoms with Crippen molar-refractivity contribution in [1.29, 1.82) is 0 Å². The molecule has 28 heavy (non-hydrogen) atoms. The molecule has 0 saturated heterocycles. The predicted octanol–water partition coefficient (Wildman–Crippen LogP) is 4.38. The average Bonchev–Trinajstić information content (AvgIpc) is 2.78. The molecule has 140 valence electrons. The van der Waals surface area contributed by atoms with Crippen LogP contribution >= 0.6 is 7.92 Å². The van der Waals surface area contributed by atoms with E-state index in [1.807, 2.05) is 18.2 Å². The molecule has 0 amide bonds. The Hall–Kier alpha value is -2.46. The summed E-state index contributed by atoms with van der Waals surface area (Å²) in [5.74, 6) is 2.82. The maximum atomic E-state index is 3.99. The smallest absolute Gasteiger partial charge is 0.0134 e. The zero-order chi connectivity index (χ0) is 19.4. The fraction of sp³-hybridized carbons (Fsp3) is 0. The number of hydrogen-bond donors (Lipinski definition) is 0. The van der Waals surface area contributed by atoms with Crippen molar-refractivity contribution in [3.05, 3.63) is 121 Å². The Morgan fingerprint density at radius 3 is 1.36 bits per heavy atom. The molecule has 0 saturated carbocycles. The third kappa shape index (κ3) is 6.03. The van der Waals surface area contributed by atoms with Crippen LogP contribution in [0, 0.1) is 10.1 Å². The van der Waals surface area contributed by atoms with Crippen LogP contribution in [0.25, 0.3) is 0 Å². The summed E-state index contributed by atoms with van der Waals surface area (Å²) in [6.07, 6.45) is 1.73. The number of pyridine rings is 1. The number of hydrogen-bond acceptors (Lipinski definition) is 1. The van der Waals surface area contributed by atoms with Gasteiger partial charge >= 0.3 is 66.2 Å². The molecule has 3 aromatic carbocycles. The van der Waals surface area contributed by atoms with Crippen LogP contribution in [0.1, 0.15) is 5.69 Å². The van der Waals surface area contributed by atoms with Gasteiger partial charge in [-0.05, 0) is 23.8 Å². The first-order valence-corrected chi connectivity index (χ1v) is 11.2. The van der Waals surface area contributed by atoms with Gasteiger partial charge in [0.2, 0.25) is 0 Å². The van der Waals surface area contributed by atoms with Crippen molar-refractivity contribution >= 4 is 23.8 Å². The van der Waals surface area contributed by atoms with Gasteiger partial charge in [0.25, 0.3) is 0 Å². The summed E-state index contributed by atoms with van der Waals surface area (Å²) in [6.45, 7) is 0. The molecule has 4 aromatic rings. The monoisotopic (exact) mass is 561 g/mol. The normalized spacial score (nSPS) is 9.68. The summed E-state index contributed by atoms with van der Waals surface area (Å²) >= 11 is 2.15. The summed E-state index contributed by atoms with van der Waals surface area (Å²) in [6, 6.07) is 38.0. The van der Waals surface area contributed by atoms with Gasteiger partial charge in [0.05, 0.1) is 0 Å². The van der Waals surface area contributed by atoms with E-state index in [2.05, 4.69) is 127 Å². The minimum Gasteiger partial charge on any atom is -0.0622 e. The van der Waals surface area contributed by atoms with E-state index in [1.165, 1.54) is 15.9 Å². The molecule has 0 unspecified atom stereocenters. The van der Waals surface area contributed by atoms with Gasteiger partial charge in [-0.15, -0.1) is 0 Å². The van der Waals surface area contributed by atoms with Gasteiger partial charge in [-0.25, -0.2) is 0 Å². The van der Waals surface area contributed by atoms with Crippen LogP contribution in [-0.4, -0.2) is 4.98 Å². The number of benzene rings is 3. The summed E-state index contributed by atoms with van der Waals surface area (Å²) in [4.78, 5) is 3.99. The van der Waals surface area contributed by atoms with Crippen molar-refractivity contribution in [2.24, 2.45) is 0 Å². The Kier molecular flexibility index (Phi) is 8.26. The van der Waals surface area contributed by atoms with E-state index in [-0.39, 0.29) is 0 Å². The summed E-state index contributed by atoms with van der Waals surface area (Å²) in [5.41, 5.74) is 0.819. The van der Waals surface area contributed by atoms with Crippen LogP contribution in [-0.2, 0) is 21.1 Å². The van der Waals surface area contributed by atoms with E-state index < -0.39 is 7.92 Å². The van der Waals surface area contributed by atoms with Crippen LogP contribution in [0.5, 0.6) is 0 Å². The molecule has 1 heterocycles. The van der Waals surface area contributed by atoms with Crippen molar-refractivity contribution in [1.82, 2.24) is 4.98 Å². The molecular formula is C25H19AuNP. The average molecular weight is 561 g/mol. The zero-order valence-electron chi connectivity index (χ0n) is 15.2. The summed E-state index contributed by atoms with van der Waals surface area (Å²) in [7, 11) is -0.446. The van der Waals surface area contributed by atoms with Crippen LogP contribution in [0.15, 0.2) is 115 Å². The Labute approximate surface area is 180 Å². The molecule has 1 nitrogen and oxygen atoms in total. The quantitative estimate of drug-likeness (QED) is 0.206. The molecule has 0 radical (unpaired) electrons. The first-order chi connectivity index (χ1) is 13.9. The minimum atomic E-state index is -0.446. The molecule has 0 N–H and O–H groups in total. The van der Waals surface area contributed by atoms with Gasteiger partial charge in [0.15, 0.2) is 0 Å². The number of aromatic nitrogens is 1. The van der Waals surface area contributed by atoms with E-state index in [0.29, 0.717) is 0 Å². The van der Waals surface area contributed by atoms with Gasteiger partial charge < -0.3 is 0 Å². The van der Waals surface area contributed by atoms with E-state index in [9.17, 15) is 0 Å². The molecule has 0 aliphatic carbocycles. The first-order valence-electron chi connectivity index (χ1n) is 8.82. The third-order valence-electron chi connectivity index (χ3n) is 3.87. The topological polar surface area (TPSA) is 12.9 Å². The van der Waals surface area contributed by atoms with Crippen molar-refractivity contribution < 1.29 is 21.1 Å². The third-order valence-corrected chi connectivity index (χ3v) is 6.59. The molecule has 0 aliphatic heterocycles. The van der Waals surface area contributed by atoms with Gasteiger partial charge in [-0.3, -0.25) is 0 Å². The van der Waals surface area contributed by atoms with Crippen LogP contribution in [0.4, 0.5) is 0 Å². The molecule has 1 aromatic heterocycles. The van der Waals surface area contributed by atoms with Crippen molar-refractivity contribution in [2.45, 2.75) is 0 Å². The van der Waals surface area contributed by atoms with Gasteiger partial charge in [0, 0.05) is 0 Å². The van der Waals surface area contributed by atoms with Gasteiger partial charge in [-0.2, -0.15) is 0 Å². The van der Waals surface area contributed by atoms with E-state index >= 15 is 0 Å². The Bertz CT molecular complexity index is 917. The second kappa shape index (κ2) is 11.4. The molecule has 0 spiro atoms. The van der Waals surface area contributed by atoms with Crippen molar-refractivity contribution in [3.63, 3.8) is 0 Å². The van der Waals surface area contributed by atoms with E-state index in [4.69, 9.17) is 0 Å². The van der Waals surface area contributed by atoms with Crippen LogP contribution in [0.2, 0.25) is 0 Å². The Morgan fingerprint density at radius 1 is 0.571 bits per heavy atom. The van der Waals surface area contributed by atoms with E-state index in [0.717, 1.165) is 5.69 Å². The SMILES string of the molecule is [Au][C]#Cc1ccccn1.c1ccc(P(c2ccccc2)c2ccccc2)cc1. The maximum absolute atomic E-state index is 3.99. The van der Waals surface area contributed by atoms with Crippen LogP contribution in [0.3, 0.4) is 0 Å². The molecule has 4 rings (SSSR count). The number of nitrogens with zero attached hydrogens (tertiary/aromatic N) is 1. The number of rotatable bonds is 3. The maximum Gasteiger partial charge on any atom is -0.0134 e. The first kappa shape index (κ1) is 20.3. The fourth-order valence-electron chi connectivity index (χ4n) is 2.65. The van der Waals surface area contributed by atoms with Crippen molar-refractivity contribution in [3.8, 4) is 10.1 Å². The molecular weight excluding hydrogens is 542 g/mol. The van der Waals surface area contributed by atoms with Crippen molar-refractivity contribution in [2.75, 3.05) is 0 Å². The largest absolute Gasteiger partial charge is 0.0622 e. The van der Waals surface area contributed by atoms with Gasteiger partial charge in [0.1, 0.15) is 0 Å².